The van der Waals surface area contributed by atoms with E-state index in [1.807, 2.05) is 0 Å². The van der Waals surface area contributed by atoms with Crippen LogP contribution in [0.5, 0.6) is 11.5 Å². The summed E-state index contributed by atoms with van der Waals surface area (Å²) in [6.45, 7) is 0.780. The lowest BCUT2D eigenvalue weighted by atomic mass is 9.76. The number of benzene rings is 1. The quantitative estimate of drug-likeness (QED) is 0.838. The van der Waals surface area contributed by atoms with Gasteiger partial charge in [-0.15, -0.1) is 0 Å². The Balaban J connectivity index is 1.53. The molecule has 0 radical (unpaired) electrons. The molecule has 2 aliphatic heterocycles. The van der Waals surface area contributed by atoms with Crippen LogP contribution >= 0.6 is 0 Å². The molecule has 2 heterocycles. The van der Waals surface area contributed by atoms with E-state index in [1.165, 1.54) is 48.8 Å². The number of fused-ring (bicyclic) bond motifs is 2. The molecular formula is C24H32N2O3. The van der Waals surface area contributed by atoms with Gasteiger partial charge in [-0.25, -0.2) is 0 Å². The summed E-state index contributed by atoms with van der Waals surface area (Å²) in [4.78, 5) is 15.6. The molecule has 0 aromatic heterocycles. The van der Waals surface area contributed by atoms with Gasteiger partial charge in [0.05, 0.1) is 20.3 Å². The topological polar surface area (TPSA) is 50.8 Å². The summed E-state index contributed by atoms with van der Waals surface area (Å²) in [6, 6.07) is 4.97. The molecule has 2 fully saturated rings. The highest BCUT2D eigenvalue weighted by atomic mass is 16.5. The molecule has 0 saturated heterocycles. The molecule has 0 bridgehead atoms. The molecule has 1 aromatic rings. The molecule has 5 heteroatoms. The maximum atomic E-state index is 13.5. The van der Waals surface area contributed by atoms with E-state index in [1.54, 1.807) is 14.2 Å². The van der Waals surface area contributed by atoms with E-state index in [9.17, 15) is 4.79 Å². The van der Waals surface area contributed by atoms with Gasteiger partial charge in [0.15, 0.2) is 11.5 Å². The van der Waals surface area contributed by atoms with E-state index in [4.69, 9.17) is 9.47 Å². The highest BCUT2D eigenvalue weighted by molar-refractivity contribution is 5.97. The Bertz CT molecular complexity index is 841. The van der Waals surface area contributed by atoms with Crippen LogP contribution in [0.2, 0.25) is 0 Å². The van der Waals surface area contributed by atoms with Gasteiger partial charge in [-0.05, 0) is 67.4 Å². The highest BCUT2D eigenvalue weighted by Gasteiger charge is 2.47. The van der Waals surface area contributed by atoms with E-state index in [0.717, 1.165) is 49.4 Å². The number of ether oxygens (including phenoxy) is 2. The molecule has 0 spiro atoms. The lowest BCUT2D eigenvalue weighted by molar-refractivity contribution is -0.127. The molecule has 2 aliphatic carbocycles. The maximum absolute atomic E-state index is 13.5. The largest absolute Gasteiger partial charge is 0.493 e. The molecule has 0 unspecified atom stereocenters. The summed E-state index contributed by atoms with van der Waals surface area (Å²) in [5.41, 5.74) is 4.95. The van der Waals surface area contributed by atoms with Gasteiger partial charge in [-0.3, -0.25) is 4.79 Å². The van der Waals surface area contributed by atoms with Crippen LogP contribution in [-0.4, -0.2) is 43.7 Å². The molecule has 5 nitrogen and oxygen atoms in total. The fraction of sp³-hybridized carbons (Fsp3) is 0.625. The number of rotatable bonds is 4. The maximum Gasteiger partial charge on any atom is 0.270 e. The van der Waals surface area contributed by atoms with E-state index in [2.05, 4.69) is 22.3 Å². The minimum atomic E-state index is 0.210. The normalized spacial score (nSPS) is 26.7. The summed E-state index contributed by atoms with van der Waals surface area (Å²) >= 11 is 0. The van der Waals surface area contributed by atoms with Crippen LogP contribution in [-0.2, 0) is 11.2 Å². The predicted molar refractivity (Wildman–Crippen MR) is 112 cm³/mol. The number of carbonyl (C=O) groups excluding carboxylic acids is 1. The summed E-state index contributed by atoms with van der Waals surface area (Å²) in [5, 5.41) is 3.71. The van der Waals surface area contributed by atoms with Gasteiger partial charge in [-0.2, -0.15) is 0 Å². The minimum Gasteiger partial charge on any atom is -0.493 e. The second kappa shape index (κ2) is 7.58. The van der Waals surface area contributed by atoms with E-state index in [0.29, 0.717) is 12.0 Å². The second-order valence-electron chi connectivity index (χ2n) is 8.98. The molecule has 156 valence electrons. The van der Waals surface area contributed by atoms with Crippen molar-refractivity contribution in [3.05, 3.63) is 34.5 Å². The third-order valence-electron chi connectivity index (χ3n) is 7.45. The molecular weight excluding hydrogens is 364 g/mol. The first-order valence-electron chi connectivity index (χ1n) is 11.3. The Kier molecular flexibility index (Phi) is 4.92. The summed E-state index contributed by atoms with van der Waals surface area (Å²) in [6.07, 6.45) is 10.4. The summed E-state index contributed by atoms with van der Waals surface area (Å²) in [7, 11) is 3.39. The Morgan fingerprint density at radius 3 is 2.48 bits per heavy atom. The van der Waals surface area contributed by atoms with Crippen molar-refractivity contribution in [2.45, 2.75) is 75.8 Å². The molecule has 29 heavy (non-hydrogen) atoms. The number of nitrogens with zero attached hydrogens (tertiary/aromatic N) is 1. The Labute approximate surface area is 173 Å². The zero-order valence-corrected chi connectivity index (χ0v) is 17.6. The zero-order valence-electron chi connectivity index (χ0n) is 17.6. The molecule has 2 saturated carbocycles. The van der Waals surface area contributed by atoms with E-state index >= 15 is 0 Å². The third kappa shape index (κ3) is 3.10. The minimum absolute atomic E-state index is 0.210. The van der Waals surface area contributed by atoms with Gasteiger partial charge in [-0.1, -0.05) is 19.3 Å². The first-order chi connectivity index (χ1) is 14.2. The number of nitrogens with one attached hydrogen (secondary N) is 1. The van der Waals surface area contributed by atoms with Crippen LogP contribution in [0.25, 0.3) is 0 Å². The highest BCUT2D eigenvalue weighted by Crippen LogP contribution is 2.48. The standard InChI is InChI=1S/C24H32N2O3/c1-28-20-13-15-11-12-26-23-17(19(15)14-21(20)29-2)9-6-10-18(23)22(24(26)27)25-16-7-4-3-5-8-16/h13-14,16-17,23,25H,3-12H2,1-2H3/t17-,23-/m0/s1. The number of hydrogen-bond donors (Lipinski definition) is 1. The van der Waals surface area contributed by atoms with Crippen LogP contribution in [0.1, 0.15) is 68.4 Å². The lowest BCUT2D eigenvalue weighted by Gasteiger charge is -2.35. The predicted octanol–water partition coefficient (Wildman–Crippen LogP) is 3.91. The summed E-state index contributed by atoms with van der Waals surface area (Å²) in [5.74, 6) is 2.16. The first kappa shape index (κ1) is 18.8. The first-order valence-corrected chi connectivity index (χ1v) is 11.3. The van der Waals surface area contributed by atoms with Gasteiger partial charge in [0.25, 0.3) is 5.91 Å². The smallest absolute Gasteiger partial charge is 0.270 e. The second-order valence-corrected chi connectivity index (χ2v) is 8.98. The van der Waals surface area contributed by atoms with Gasteiger partial charge >= 0.3 is 0 Å². The van der Waals surface area contributed by atoms with Crippen molar-refractivity contribution in [2.75, 3.05) is 20.8 Å². The molecule has 4 aliphatic rings. The van der Waals surface area contributed by atoms with Crippen molar-refractivity contribution in [1.29, 1.82) is 0 Å². The fourth-order valence-electron chi connectivity index (χ4n) is 6.06. The zero-order chi connectivity index (χ0) is 20.0. The Hall–Kier alpha value is -2.17. The van der Waals surface area contributed by atoms with Crippen LogP contribution in [0.4, 0.5) is 0 Å². The van der Waals surface area contributed by atoms with Gasteiger partial charge < -0.3 is 19.7 Å². The van der Waals surface area contributed by atoms with Crippen LogP contribution in [0.15, 0.2) is 23.4 Å². The fourth-order valence-corrected chi connectivity index (χ4v) is 6.06. The Morgan fingerprint density at radius 1 is 0.966 bits per heavy atom. The van der Waals surface area contributed by atoms with Crippen LogP contribution in [0, 0.1) is 0 Å². The van der Waals surface area contributed by atoms with Crippen molar-refractivity contribution < 1.29 is 14.3 Å². The molecule has 5 rings (SSSR count). The SMILES string of the molecule is COc1cc2c(cc1OC)[C@@H]1CCCC3=C(NC4CCCCC4)C(=O)N(CC2)[C@H]31. The third-order valence-corrected chi connectivity index (χ3v) is 7.45. The average Bonchev–Trinajstić information content (AvgIpc) is 2.92. The van der Waals surface area contributed by atoms with Crippen molar-refractivity contribution in [2.24, 2.45) is 0 Å². The van der Waals surface area contributed by atoms with Crippen LogP contribution < -0.4 is 14.8 Å². The molecule has 1 N–H and O–H groups in total. The Morgan fingerprint density at radius 2 is 1.72 bits per heavy atom. The number of carbonyl (C=O) groups is 1. The molecule has 1 aromatic carbocycles. The van der Waals surface area contributed by atoms with Crippen molar-refractivity contribution in [3.8, 4) is 11.5 Å². The molecule has 2 atom stereocenters. The van der Waals surface area contributed by atoms with Gasteiger partial charge in [0, 0.05) is 18.5 Å². The number of amides is 1. The monoisotopic (exact) mass is 396 g/mol. The van der Waals surface area contributed by atoms with Crippen LogP contribution in [0.3, 0.4) is 0 Å². The molecule has 1 amide bonds. The van der Waals surface area contributed by atoms with E-state index < -0.39 is 0 Å². The number of methoxy groups -OCH3 is 2. The lowest BCUT2D eigenvalue weighted by Crippen LogP contribution is -2.41. The van der Waals surface area contributed by atoms with Crippen molar-refractivity contribution in [3.63, 3.8) is 0 Å². The number of hydrogen-bond acceptors (Lipinski definition) is 4. The van der Waals surface area contributed by atoms with Gasteiger partial charge in [0.1, 0.15) is 5.70 Å². The van der Waals surface area contributed by atoms with Gasteiger partial charge in [0.2, 0.25) is 0 Å². The van der Waals surface area contributed by atoms with E-state index in [-0.39, 0.29) is 11.9 Å². The summed E-state index contributed by atoms with van der Waals surface area (Å²) < 4.78 is 11.1. The van der Waals surface area contributed by atoms with Crippen molar-refractivity contribution in [1.82, 2.24) is 10.2 Å². The average molecular weight is 397 g/mol. The van der Waals surface area contributed by atoms with Crippen molar-refractivity contribution >= 4 is 5.91 Å².